The highest BCUT2D eigenvalue weighted by atomic mass is 16.6. The van der Waals surface area contributed by atoms with Crippen molar-refractivity contribution in [2.75, 3.05) is 0 Å². The van der Waals surface area contributed by atoms with Crippen molar-refractivity contribution in [1.82, 2.24) is 4.98 Å². The highest BCUT2D eigenvalue weighted by molar-refractivity contribution is 5.75. The molecule has 0 amide bonds. The van der Waals surface area contributed by atoms with Crippen molar-refractivity contribution in [2.24, 2.45) is 5.90 Å². The maximum Gasteiger partial charge on any atom is 0.181 e. The zero-order valence-electron chi connectivity index (χ0n) is 6.36. The van der Waals surface area contributed by atoms with Crippen LogP contribution in [0.15, 0.2) is 29.0 Å². The second-order valence-corrected chi connectivity index (χ2v) is 2.43. The van der Waals surface area contributed by atoms with Crippen molar-refractivity contribution in [2.45, 2.75) is 6.61 Å². The molecule has 1 heterocycles. The van der Waals surface area contributed by atoms with Crippen LogP contribution in [0.25, 0.3) is 11.1 Å². The Bertz CT molecular complexity index is 383. The minimum atomic E-state index is 0.340. The number of benzene rings is 1. The summed E-state index contributed by atoms with van der Waals surface area (Å²) in [5, 5.41) is 0. The number of aromatic nitrogens is 1. The number of para-hydroxylation sites is 1. The summed E-state index contributed by atoms with van der Waals surface area (Å²) in [4.78, 5) is 8.52. The van der Waals surface area contributed by atoms with Gasteiger partial charge in [0, 0.05) is 5.56 Å². The third-order valence-corrected chi connectivity index (χ3v) is 1.68. The Morgan fingerprint density at radius 2 is 2.42 bits per heavy atom. The van der Waals surface area contributed by atoms with Crippen LogP contribution in [-0.2, 0) is 11.4 Å². The SMILES string of the molecule is NOCc1cccc2ncoc12. The first-order valence-electron chi connectivity index (χ1n) is 3.54. The number of hydrogen-bond acceptors (Lipinski definition) is 4. The van der Waals surface area contributed by atoms with Crippen molar-refractivity contribution in [3.8, 4) is 0 Å². The average molecular weight is 164 g/mol. The van der Waals surface area contributed by atoms with E-state index >= 15 is 0 Å². The van der Waals surface area contributed by atoms with E-state index in [-0.39, 0.29) is 0 Å². The van der Waals surface area contributed by atoms with Crippen LogP contribution in [0, 0.1) is 0 Å². The molecule has 0 aliphatic rings. The maximum absolute atomic E-state index is 5.15. The van der Waals surface area contributed by atoms with Gasteiger partial charge in [-0.15, -0.1) is 0 Å². The van der Waals surface area contributed by atoms with Crippen molar-refractivity contribution < 1.29 is 9.25 Å². The Hall–Kier alpha value is -1.39. The number of rotatable bonds is 2. The number of oxazole rings is 1. The number of hydrogen-bond donors (Lipinski definition) is 1. The van der Waals surface area contributed by atoms with E-state index < -0.39 is 0 Å². The number of fused-ring (bicyclic) bond motifs is 1. The molecule has 62 valence electrons. The molecule has 2 N–H and O–H groups in total. The van der Waals surface area contributed by atoms with Crippen molar-refractivity contribution in [3.05, 3.63) is 30.2 Å². The topological polar surface area (TPSA) is 61.3 Å². The fourth-order valence-corrected chi connectivity index (χ4v) is 1.15. The van der Waals surface area contributed by atoms with E-state index in [1.807, 2.05) is 18.2 Å². The second-order valence-electron chi connectivity index (χ2n) is 2.43. The highest BCUT2D eigenvalue weighted by Gasteiger charge is 2.03. The van der Waals surface area contributed by atoms with Crippen LogP contribution in [0.5, 0.6) is 0 Å². The molecule has 0 saturated heterocycles. The molecule has 2 rings (SSSR count). The molecular weight excluding hydrogens is 156 g/mol. The van der Waals surface area contributed by atoms with Gasteiger partial charge in [-0.3, -0.25) is 4.84 Å². The molecule has 4 nitrogen and oxygen atoms in total. The summed E-state index contributed by atoms with van der Waals surface area (Å²) in [6.45, 7) is 0.340. The second kappa shape index (κ2) is 2.92. The first kappa shape index (κ1) is 7.27. The number of nitrogens with zero attached hydrogens (tertiary/aromatic N) is 1. The first-order chi connectivity index (χ1) is 5.92. The van der Waals surface area contributed by atoms with E-state index in [0.29, 0.717) is 6.61 Å². The van der Waals surface area contributed by atoms with Crippen LogP contribution in [0.3, 0.4) is 0 Å². The molecule has 0 atom stereocenters. The average Bonchev–Trinajstić information content (AvgIpc) is 2.53. The molecule has 12 heavy (non-hydrogen) atoms. The quantitative estimate of drug-likeness (QED) is 0.678. The van der Waals surface area contributed by atoms with Crippen LogP contribution < -0.4 is 5.90 Å². The summed E-state index contributed by atoms with van der Waals surface area (Å²) in [5.74, 6) is 4.96. The lowest BCUT2D eigenvalue weighted by atomic mass is 10.2. The zero-order valence-corrected chi connectivity index (χ0v) is 6.36. The van der Waals surface area contributed by atoms with Gasteiger partial charge in [0.05, 0.1) is 6.61 Å². The predicted octanol–water partition coefficient (Wildman–Crippen LogP) is 1.22. The van der Waals surface area contributed by atoms with E-state index in [0.717, 1.165) is 16.7 Å². The molecule has 2 aromatic rings. The summed E-state index contributed by atoms with van der Waals surface area (Å²) < 4.78 is 5.15. The van der Waals surface area contributed by atoms with Crippen LogP contribution in [0.4, 0.5) is 0 Å². The van der Waals surface area contributed by atoms with Crippen LogP contribution in [0.2, 0.25) is 0 Å². The summed E-state index contributed by atoms with van der Waals surface area (Å²) in [6, 6.07) is 5.65. The van der Waals surface area contributed by atoms with Crippen molar-refractivity contribution >= 4 is 11.1 Å². The lowest BCUT2D eigenvalue weighted by Gasteiger charge is -1.97. The standard InChI is InChI=1S/C8H8N2O2/c9-12-4-6-2-1-3-7-8(6)11-5-10-7/h1-3,5H,4,9H2. The molecule has 0 spiro atoms. The van der Waals surface area contributed by atoms with Gasteiger partial charge in [0.15, 0.2) is 12.0 Å². The lowest BCUT2D eigenvalue weighted by Crippen LogP contribution is -1.98. The minimum absolute atomic E-state index is 0.340. The Balaban J connectivity index is 2.57. The molecule has 1 aromatic carbocycles. The number of nitrogens with two attached hydrogens (primary N) is 1. The molecule has 0 aliphatic heterocycles. The third kappa shape index (κ3) is 1.07. The molecule has 4 heteroatoms. The lowest BCUT2D eigenvalue weighted by molar-refractivity contribution is 0.124. The Labute approximate surface area is 68.9 Å². The third-order valence-electron chi connectivity index (χ3n) is 1.68. The van der Waals surface area contributed by atoms with Gasteiger partial charge in [0.25, 0.3) is 0 Å². The van der Waals surface area contributed by atoms with Gasteiger partial charge < -0.3 is 4.42 Å². The molecular formula is C8H8N2O2. The minimum Gasteiger partial charge on any atom is -0.443 e. The molecule has 0 bridgehead atoms. The van der Waals surface area contributed by atoms with Crippen molar-refractivity contribution in [1.29, 1.82) is 0 Å². The van der Waals surface area contributed by atoms with E-state index in [1.165, 1.54) is 6.39 Å². The van der Waals surface area contributed by atoms with Gasteiger partial charge in [-0.2, -0.15) is 0 Å². The summed E-state index contributed by atoms with van der Waals surface area (Å²) in [5.41, 5.74) is 2.47. The van der Waals surface area contributed by atoms with Crippen LogP contribution in [-0.4, -0.2) is 4.98 Å². The molecule has 0 saturated carbocycles. The Morgan fingerprint density at radius 1 is 1.50 bits per heavy atom. The molecule has 0 radical (unpaired) electrons. The summed E-state index contributed by atoms with van der Waals surface area (Å²) in [7, 11) is 0. The molecule has 0 fully saturated rings. The maximum atomic E-state index is 5.15. The highest BCUT2D eigenvalue weighted by Crippen LogP contribution is 2.17. The van der Waals surface area contributed by atoms with Crippen LogP contribution >= 0.6 is 0 Å². The van der Waals surface area contributed by atoms with E-state index in [9.17, 15) is 0 Å². The van der Waals surface area contributed by atoms with Gasteiger partial charge >= 0.3 is 0 Å². The van der Waals surface area contributed by atoms with Crippen molar-refractivity contribution in [3.63, 3.8) is 0 Å². The summed E-state index contributed by atoms with van der Waals surface area (Å²) >= 11 is 0. The van der Waals surface area contributed by atoms with E-state index in [4.69, 9.17) is 10.3 Å². The fraction of sp³-hybridized carbons (Fsp3) is 0.125. The van der Waals surface area contributed by atoms with Crippen LogP contribution in [0.1, 0.15) is 5.56 Å². The van der Waals surface area contributed by atoms with Gasteiger partial charge in [0.1, 0.15) is 5.52 Å². The van der Waals surface area contributed by atoms with Gasteiger partial charge in [-0.05, 0) is 6.07 Å². The monoisotopic (exact) mass is 164 g/mol. The van der Waals surface area contributed by atoms with Gasteiger partial charge in [-0.1, -0.05) is 12.1 Å². The summed E-state index contributed by atoms with van der Waals surface area (Å²) in [6.07, 6.45) is 1.41. The predicted molar refractivity (Wildman–Crippen MR) is 43.0 cm³/mol. The Morgan fingerprint density at radius 3 is 3.25 bits per heavy atom. The van der Waals surface area contributed by atoms with E-state index in [1.54, 1.807) is 0 Å². The molecule has 0 aliphatic carbocycles. The Kier molecular flexibility index (Phi) is 1.77. The van der Waals surface area contributed by atoms with Gasteiger partial charge in [-0.25, -0.2) is 10.9 Å². The van der Waals surface area contributed by atoms with E-state index in [2.05, 4.69) is 9.82 Å². The zero-order chi connectivity index (χ0) is 8.39. The molecule has 0 unspecified atom stereocenters. The normalized spacial score (nSPS) is 10.8. The van der Waals surface area contributed by atoms with Gasteiger partial charge in [0.2, 0.25) is 0 Å². The molecule has 1 aromatic heterocycles. The fourth-order valence-electron chi connectivity index (χ4n) is 1.15. The largest absolute Gasteiger partial charge is 0.443 e. The first-order valence-corrected chi connectivity index (χ1v) is 3.54. The smallest absolute Gasteiger partial charge is 0.181 e.